The highest BCUT2D eigenvalue weighted by Crippen LogP contribution is 2.16. The summed E-state index contributed by atoms with van der Waals surface area (Å²) < 4.78 is 5.06. The quantitative estimate of drug-likeness (QED) is 0.857. The summed E-state index contributed by atoms with van der Waals surface area (Å²) in [4.78, 5) is 4.21. The fourth-order valence-corrected chi connectivity index (χ4v) is 2.66. The molecule has 1 aliphatic rings. The first-order valence-corrected chi connectivity index (χ1v) is 7.28. The molecular formula is C15H25N3O. The molecule has 2 atom stereocenters. The molecule has 1 fully saturated rings. The van der Waals surface area contributed by atoms with Crippen LogP contribution in [0.5, 0.6) is 5.88 Å². The van der Waals surface area contributed by atoms with E-state index < -0.39 is 0 Å². The fourth-order valence-electron chi connectivity index (χ4n) is 2.66. The molecule has 1 saturated heterocycles. The molecule has 0 bridgehead atoms. The van der Waals surface area contributed by atoms with Crippen molar-refractivity contribution in [2.24, 2.45) is 0 Å². The SMILES string of the molecule is COc1ccc(NC(C)CC2CCCCCN2)cn1. The second-order valence-corrected chi connectivity index (χ2v) is 5.37. The summed E-state index contributed by atoms with van der Waals surface area (Å²) in [6, 6.07) is 5.00. The van der Waals surface area contributed by atoms with E-state index >= 15 is 0 Å². The predicted molar refractivity (Wildman–Crippen MR) is 78.7 cm³/mol. The van der Waals surface area contributed by atoms with Crippen LogP contribution in [0.15, 0.2) is 18.3 Å². The van der Waals surface area contributed by atoms with Crippen molar-refractivity contribution in [2.45, 2.75) is 51.1 Å². The lowest BCUT2D eigenvalue weighted by Crippen LogP contribution is -2.33. The van der Waals surface area contributed by atoms with Gasteiger partial charge in [-0.1, -0.05) is 12.8 Å². The molecule has 0 radical (unpaired) electrons. The zero-order valence-electron chi connectivity index (χ0n) is 12.0. The van der Waals surface area contributed by atoms with Gasteiger partial charge in [0.15, 0.2) is 0 Å². The molecule has 2 rings (SSSR count). The van der Waals surface area contributed by atoms with Crippen molar-refractivity contribution in [1.82, 2.24) is 10.3 Å². The van der Waals surface area contributed by atoms with E-state index in [-0.39, 0.29) is 0 Å². The number of anilines is 1. The monoisotopic (exact) mass is 263 g/mol. The Bertz CT molecular complexity index is 358. The maximum atomic E-state index is 5.06. The van der Waals surface area contributed by atoms with Crippen molar-refractivity contribution in [2.75, 3.05) is 19.0 Å². The normalized spacial score (nSPS) is 21.5. The minimum absolute atomic E-state index is 0.450. The van der Waals surface area contributed by atoms with Gasteiger partial charge in [-0.2, -0.15) is 0 Å². The van der Waals surface area contributed by atoms with E-state index in [9.17, 15) is 0 Å². The number of rotatable bonds is 5. The number of methoxy groups -OCH3 is 1. The van der Waals surface area contributed by atoms with Crippen LogP contribution in [0.1, 0.15) is 39.0 Å². The summed E-state index contributed by atoms with van der Waals surface area (Å²) in [5.41, 5.74) is 1.06. The molecule has 0 spiro atoms. The summed E-state index contributed by atoms with van der Waals surface area (Å²) in [7, 11) is 1.63. The van der Waals surface area contributed by atoms with Crippen LogP contribution >= 0.6 is 0 Å². The fraction of sp³-hybridized carbons (Fsp3) is 0.667. The second-order valence-electron chi connectivity index (χ2n) is 5.37. The maximum absolute atomic E-state index is 5.06. The molecule has 19 heavy (non-hydrogen) atoms. The third-order valence-corrected chi connectivity index (χ3v) is 3.66. The molecule has 0 saturated carbocycles. The molecule has 2 unspecified atom stereocenters. The zero-order valence-corrected chi connectivity index (χ0v) is 12.0. The van der Waals surface area contributed by atoms with Crippen molar-refractivity contribution in [1.29, 1.82) is 0 Å². The number of nitrogens with one attached hydrogen (secondary N) is 2. The summed E-state index contributed by atoms with van der Waals surface area (Å²) in [6.45, 7) is 3.40. The summed E-state index contributed by atoms with van der Waals surface area (Å²) in [6.07, 6.45) is 8.33. The first-order valence-electron chi connectivity index (χ1n) is 7.28. The standard InChI is InChI=1S/C15H25N3O/c1-12(10-13-6-4-3-5-9-16-13)18-14-7-8-15(19-2)17-11-14/h7-8,11-13,16,18H,3-6,9-10H2,1-2H3. The van der Waals surface area contributed by atoms with E-state index in [1.165, 1.54) is 32.2 Å². The Morgan fingerprint density at radius 3 is 3.05 bits per heavy atom. The Morgan fingerprint density at radius 1 is 1.42 bits per heavy atom. The van der Waals surface area contributed by atoms with Gasteiger partial charge >= 0.3 is 0 Å². The van der Waals surface area contributed by atoms with E-state index in [4.69, 9.17) is 4.74 Å². The van der Waals surface area contributed by atoms with Gasteiger partial charge in [0.1, 0.15) is 0 Å². The van der Waals surface area contributed by atoms with Gasteiger partial charge in [0.05, 0.1) is 19.0 Å². The molecule has 1 aliphatic heterocycles. The molecule has 1 aromatic rings. The van der Waals surface area contributed by atoms with Crippen LogP contribution in [0.3, 0.4) is 0 Å². The summed E-state index contributed by atoms with van der Waals surface area (Å²) in [5, 5.41) is 7.14. The summed E-state index contributed by atoms with van der Waals surface area (Å²) in [5.74, 6) is 0.656. The Kier molecular flexibility index (Phi) is 5.45. The number of ether oxygens (including phenoxy) is 1. The molecule has 1 aromatic heterocycles. The van der Waals surface area contributed by atoms with Gasteiger partial charge < -0.3 is 15.4 Å². The molecule has 0 aromatic carbocycles. The average molecular weight is 263 g/mol. The van der Waals surface area contributed by atoms with Crippen molar-refractivity contribution in [3.05, 3.63) is 18.3 Å². The van der Waals surface area contributed by atoms with Crippen LogP contribution in [-0.4, -0.2) is 30.7 Å². The maximum Gasteiger partial charge on any atom is 0.213 e. The summed E-state index contributed by atoms with van der Waals surface area (Å²) >= 11 is 0. The Hall–Kier alpha value is -1.29. The molecule has 4 heteroatoms. The third-order valence-electron chi connectivity index (χ3n) is 3.66. The first-order chi connectivity index (χ1) is 9.28. The lowest BCUT2D eigenvalue weighted by molar-refractivity contribution is 0.398. The largest absolute Gasteiger partial charge is 0.481 e. The highest BCUT2D eigenvalue weighted by atomic mass is 16.5. The van der Waals surface area contributed by atoms with E-state index in [2.05, 4.69) is 22.5 Å². The van der Waals surface area contributed by atoms with E-state index in [0.29, 0.717) is 18.0 Å². The van der Waals surface area contributed by atoms with Crippen LogP contribution in [0, 0.1) is 0 Å². The molecule has 4 nitrogen and oxygen atoms in total. The number of hydrogen-bond donors (Lipinski definition) is 2. The molecule has 0 amide bonds. The highest BCUT2D eigenvalue weighted by molar-refractivity contribution is 5.42. The Labute approximate surface area is 116 Å². The lowest BCUT2D eigenvalue weighted by Gasteiger charge is -2.22. The van der Waals surface area contributed by atoms with Gasteiger partial charge in [-0.05, 0) is 38.8 Å². The van der Waals surface area contributed by atoms with Crippen molar-refractivity contribution in [3.8, 4) is 5.88 Å². The molecule has 2 heterocycles. The van der Waals surface area contributed by atoms with Gasteiger partial charge in [0.2, 0.25) is 5.88 Å². The van der Waals surface area contributed by atoms with Crippen LogP contribution in [0.4, 0.5) is 5.69 Å². The van der Waals surface area contributed by atoms with Crippen LogP contribution in [-0.2, 0) is 0 Å². The minimum Gasteiger partial charge on any atom is -0.481 e. The number of hydrogen-bond acceptors (Lipinski definition) is 4. The van der Waals surface area contributed by atoms with Crippen LogP contribution < -0.4 is 15.4 Å². The Balaban J connectivity index is 1.80. The molecule has 2 N–H and O–H groups in total. The number of pyridine rings is 1. The molecule has 106 valence electrons. The molecule has 0 aliphatic carbocycles. The molecular weight excluding hydrogens is 238 g/mol. The number of aromatic nitrogens is 1. The Morgan fingerprint density at radius 2 is 2.32 bits per heavy atom. The second kappa shape index (κ2) is 7.34. The highest BCUT2D eigenvalue weighted by Gasteiger charge is 2.14. The van der Waals surface area contributed by atoms with Crippen LogP contribution in [0.25, 0.3) is 0 Å². The smallest absolute Gasteiger partial charge is 0.213 e. The number of nitrogens with zero attached hydrogens (tertiary/aromatic N) is 1. The predicted octanol–water partition coefficient (Wildman–Crippen LogP) is 2.81. The van der Waals surface area contributed by atoms with Crippen molar-refractivity contribution >= 4 is 5.69 Å². The first kappa shape index (κ1) is 14.1. The zero-order chi connectivity index (χ0) is 13.5. The van der Waals surface area contributed by atoms with Gasteiger partial charge in [0.25, 0.3) is 0 Å². The van der Waals surface area contributed by atoms with E-state index in [1.807, 2.05) is 18.3 Å². The average Bonchev–Trinajstić information content (AvgIpc) is 2.68. The lowest BCUT2D eigenvalue weighted by atomic mass is 10.0. The van der Waals surface area contributed by atoms with Crippen LogP contribution in [0.2, 0.25) is 0 Å². The topological polar surface area (TPSA) is 46.2 Å². The van der Waals surface area contributed by atoms with Gasteiger partial charge in [0, 0.05) is 18.2 Å². The van der Waals surface area contributed by atoms with Gasteiger partial charge in [-0.3, -0.25) is 0 Å². The van der Waals surface area contributed by atoms with E-state index in [1.54, 1.807) is 7.11 Å². The van der Waals surface area contributed by atoms with Gasteiger partial charge in [-0.25, -0.2) is 4.98 Å². The van der Waals surface area contributed by atoms with Crippen molar-refractivity contribution in [3.63, 3.8) is 0 Å². The third kappa shape index (κ3) is 4.71. The van der Waals surface area contributed by atoms with E-state index in [0.717, 1.165) is 12.1 Å². The van der Waals surface area contributed by atoms with Gasteiger partial charge in [-0.15, -0.1) is 0 Å². The van der Waals surface area contributed by atoms with Crippen molar-refractivity contribution < 1.29 is 4.74 Å². The minimum atomic E-state index is 0.450.